The van der Waals surface area contributed by atoms with Crippen LogP contribution in [0.3, 0.4) is 0 Å². The molecule has 2 saturated heterocycles. The lowest BCUT2D eigenvalue weighted by molar-refractivity contribution is -0.162. The fourth-order valence-corrected chi connectivity index (χ4v) is 7.20. The first kappa shape index (κ1) is 24.0. The van der Waals surface area contributed by atoms with E-state index in [2.05, 4.69) is 5.32 Å². The number of nitrogens with zero attached hydrogens (tertiary/aromatic N) is 1. The standard InChI is InChI=1S/C26H44N2O5/c29-20-11-23(30)25(24(12-20)33-14-17-5-2-1-3-6-17)26(31)28-10-9-18-7-4-8-22(21(18)13-28)27-19-15-32-16-19/h17-25,27,29-30H,1-16H2. The van der Waals surface area contributed by atoms with Gasteiger partial charge in [0, 0.05) is 38.6 Å². The van der Waals surface area contributed by atoms with Gasteiger partial charge in [0.1, 0.15) is 0 Å². The van der Waals surface area contributed by atoms with Crippen molar-refractivity contribution in [1.29, 1.82) is 0 Å². The third-order valence-electron chi connectivity index (χ3n) is 9.20. The van der Waals surface area contributed by atoms with Crippen molar-refractivity contribution in [1.82, 2.24) is 10.2 Å². The van der Waals surface area contributed by atoms with Crippen LogP contribution in [0, 0.1) is 23.7 Å². The van der Waals surface area contributed by atoms with Gasteiger partial charge in [-0.1, -0.05) is 25.7 Å². The number of nitrogens with one attached hydrogen (secondary N) is 1. The molecule has 1 amide bonds. The van der Waals surface area contributed by atoms with Crippen LogP contribution in [0.5, 0.6) is 0 Å². The Bertz CT molecular complexity index is 653. The average molecular weight is 465 g/mol. The minimum atomic E-state index is -0.831. The van der Waals surface area contributed by atoms with Crippen molar-refractivity contribution in [2.75, 3.05) is 32.9 Å². The molecule has 7 heteroatoms. The summed E-state index contributed by atoms with van der Waals surface area (Å²) < 4.78 is 11.7. The van der Waals surface area contributed by atoms with E-state index in [-0.39, 0.29) is 18.4 Å². The number of aliphatic hydroxyl groups excluding tert-OH is 2. The van der Waals surface area contributed by atoms with Crippen molar-refractivity contribution in [2.24, 2.45) is 23.7 Å². The fourth-order valence-electron chi connectivity index (χ4n) is 7.20. The number of likely N-dealkylation sites (tertiary alicyclic amines) is 1. The van der Waals surface area contributed by atoms with Crippen molar-refractivity contribution in [3.8, 4) is 0 Å². The van der Waals surface area contributed by atoms with Gasteiger partial charge in [-0.3, -0.25) is 4.79 Å². The van der Waals surface area contributed by atoms with Crippen LogP contribution < -0.4 is 5.32 Å². The first-order valence-corrected chi connectivity index (χ1v) is 13.7. The van der Waals surface area contributed by atoms with Gasteiger partial charge >= 0.3 is 0 Å². The Balaban J connectivity index is 1.23. The summed E-state index contributed by atoms with van der Waals surface area (Å²) in [5, 5.41) is 25.0. The number of rotatable bonds is 6. The number of hydrogen-bond acceptors (Lipinski definition) is 6. The van der Waals surface area contributed by atoms with Crippen LogP contribution in [0.2, 0.25) is 0 Å². The molecule has 2 aliphatic heterocycles. The van der Waals surface area contributed by atoms with Gasteiger partial charge in [0.25, 0.3) is 0 Å². The zero-order chi connectivity index (χ0) is 22.8. The second kappa shape index (κ2) is 10.9. The fraction of sp³-hybridized carbons (Fsp3) is 0.962. The molecule has 0 spiro atoms. The molecule has 3 saturated carbocycles. The molecule has 5 aliphatic rings. The molecular weight excluding hydrogens is 420 g/mol. The predicted molar refractivity (Wildman–Crippen MR) is 125 cm³/mol. The molecule has 188 valence electrons. The first-order valence-electron chi connectivity index (χ1n) is 13.7. The molecule has 7 atom stereocenters. The number of carbonyl (C=O) groups is 1. The Kier molecular flexibility index (Phi) is 7.92. The van der Waals surface area contributed by atoms with Crippen LogP contribution in [0.25, 0.3) is 0 Å². The van der Waals surface area contributed by atoms with Crippen molar-refractivity contribution in [3.63, 3.8) is 0 Å². The molecule has 0 aromatic heterocycles. The van der Waals surface area contributed by atoms with Crippen LogP contribution >= 0.6 is 0 Å². The highest BCUT2D eigenvalue weighted by molar-refractivity contribution is 5.80. The van der Waals surface area contributed by atoms with E-state index >= 15 is 0 Å². The molecule has 0 bridgehead atoms. The van der Waals surface area contributed by atoms with Crippen LogP contribution in [0.1, 0.15) is 70.6 Å². The molecule has 3 N–H and O–H groups in total. The van der Waals surface area contributed by atoms with Gasteiger partial charge < -0.3 is 29.9 Å². The minimum absolute atomic E-state index is 0.0396. The van der Waals surface area contributed by atoms with E-state index in [9.17, 15) is 15.0 Å². The Morgan fingerprint density at radius 1 is 1.00 bits per heavy atom. The maximum absolute atomic E-state index is 13.8. The maximum Gasteiger partial charge on any atom is 0.230 e. The lowest BCUT2D eigenvalue weighted by Gasteiger charge is -2.48. The molecule has 2 heterocycles. The summed E-state index contributed by atoms with van der Waals surface area (Å²) >= 11 is 0. The minimum Gasteiger partial charge on any atom is -0.393 e. The smallest absolute Gasteiger partial charge is 0.230 e. The van der Waals surface area contributed by atoms with Gasteiger partial charge in [0.05, 0.1) is 43.5 Å². The van der Waals surface area contributed by atoms with E-state index in [1.165, 1.54) is 51.4 Å². The number of amides is 1. The van der Waals surface area contributed by atoms with Gasteiger partial charge in [-0.2, -0.15) is 0 Å². The lowest BCUT2D eigenvalue weighted by atomic mass is 9.71. The molecule has 0 radical (unpaired) electrons. The summed E-state index contributed by atoms with van der Waals surface area (Å²) in [5.74, 6) is 1.19. The third kappa shape index (κ3) is 5.58. The highest BCUT2D eigenvalue weighted by Gasteiger charge is 2.46. The van der Waals surface area contributed by atoms with Crippen LogP contribution in [-0.4, -0.2) is 84.3 Å². The van der Waals surface area contributed by atoms with Gasteiger partial charge in [-0.15, -0.1) is 0 Å². The van der Waals surface area contributed by atoms with Crippen LogP contribution in [0.4, 0.5) is 0 Å². The van der Waals surface area contributed by atoms with E-state index in [0.29, 0.717) is 42.9 Å². The van der Waals surface area contributed by atoms with Crippen molar-refractivity contribution in [3.05, 3.63) is 0 Å². The normalized spacial score (nSPS) is 40.8. The van der Waals surface area contributed by atoms with Crippen molar-refractivity contribution >= 4 is 5.91 Å². The summed E-state index contributed by atoms with van der Waals surface area (Å²) in [6.45, 7) is 3.80. The largest absolute Gasteiger partial charge is 0.393 e. The average Bonchev–Trinajstić information content (AvgIpc) is 2.79. The molecule has 5 rings (SSSR count). The maximum atomic E-state index is 13.8. The van der Waals surface area contributed by atoms with E-state index in [1.54, 1.807) is 0 Å². The molecule has 7 nitrogen and oxygen atoms in total. The molecule has 0 aromatic carbocycles. The molecule has 3 aliphatic carbocycles. The highest BCUT2D eigenvalue weighted by Crippen LogP contribution is 2.39. The van der Waals surface area contributed by atoms with Crippen molar-refractivity contribution < 1.29 is 24.5 Å². The monoisotopic (exact) mass is 464 g/mol. The summed E-state index contributed by atoms with van der Waals surface area (Å²) in [6.07, 6.45) is 9.84. The molecule has 7 unspecified atom stereocenters. The summed E-state index contributed by atoms with van der Waals surface area (Å²) in [7, 11) is 0. The number of piperidine rings is 1. The van der Waals surface area contributed by atoms with E-state index in [4.69, 9.17) is 9.47 Å². The quantitative estimate of drug-likeness (QED) is 0.558. The molecule has 33 heavy (non-hydrogen) atoms. The van der Waals surface area contributed by atoms with Gasteiger partial charge in [0.2, 0.25) is 5.91 Å². The Labute approximate surface area is 198 Å². The van der Waals surface area contributed by atoms with E-state index < -0.39 is 18.1 Å². The van der Waals surface area contributed by atoms with Gasteiger partial charge in [-0.25, -0.2) is 0 Å². The summed E-state index contributed by atoms with van der Waals surface area (Å²) in [4.78, 5) is 15.8. The second-order valence-electron chi connectivity index (χ2n) is 11.5. The highest BCUT2D eigenvalue weighted by atomic mass is 16.5. The number of hydrogen-bond donors (Lipinski definition) is 3. The van der Waals surface area contributed by atoms with Crippen LogP contribution in [-0.2, 0) is 14.3 Å². The number of fused-ring (bicyclic) bond motifs is 1. The van der Waals surface area contributed by atoms with Gasteiger partial charge in [-0.05, 0) is 49.9 Å². The third-order valence-corrected chi connectivity index (χ3v) is 9.20. The Morgan fingerprint density at radius 2 is 1.82 bits per heavy atom. The summed E-state index contributed by atoms with van der Waals surface area (Å²) in [5.41, 5.74) is 0. The van der Waals surface area contributed by atoms with E-state index in [0.717, 1.165) is 32.7 Å². The van der Waals surface area contributed by atoms with Crippen molar-refractivity contribution in [2.45, 2.75) is 101 Å². The van der Waals surface area contributed by atoms with Crippen LogP contribution in [0.15, 0.2) is 0 Å². The number of carbonyl (C=O) groups excluding carboxylic acids is 1. The topological polar surface area (TPSA) is 91.3 Å². The second-order valence-corrected chi connectivity index (χ2v) is 11.5. The SMILES string of the molecule is O=C(C1C(O)CC(O)CC1OCC1CCCCC1)N1CCC2CCCC(NC3COC3)C2C1. The first-order chi connectivity index (χ1) is 16.1. The predicted octanol–water partition coefficient (Wildman–Crippen LogP) is 2.09. The lowest BCUT2D eigenvalue weighted by Crippen LogP contribution is -2.60. The number of ether oxygens (including phenoxy) is 2. The molecular formula is C26H44N2O5. The molecule has 5 fully saturated rings. The zero-order valence-electron chi connectivity index (χ0n) is 20.1. The number of aliphatic hydroxyl groups is 2. The Morgan fingerprint density at radius 3 is 2.58 bits per heavy atom. The zero-order valence-corrected chi connectivity index (χ0v) is 20.1. The summed E-state index contributed by atoms with van der Waals surface area (Å²) in [6, 6.07) is 0.906. The molecule has 0 aromatic rings. The van der Waals surface area contributed by atoms with E-state index in [1.807, 2.05) is 4.90 Å². The Hall–Kier alpha value is -0.730. The van der Waals surface area contributed by atoms with Gasteiger partial charge in [0.15, 0.2) is 0 Å².